The van der Waals surface area contributed by atoms with Crippen LogP contribution in [-0.2, 0) is 14.3 Å². The maximum Gasteiger partial charge on any atom is 0.249 e. The van der Waals surface area contributed by atoms with Crippen LogP contribution in [0.25, 0.3) is 0 Å². The lowest BCUT2D eigenvalue weighted by atomic mass is 10.2. The molecule has 0 unspecified atom stereocenters. The summed E-state index contributed by atoms with van der Waals surface area (Å²) in [5.41, 5.74) is 5.52. The van der Waals surface area contributed by atoms with E-state index in [0.717, 1.165) is 32.6 Å². The Morgan fingerprint density at radius 2 is 1.83 bits per heavy atom. The van der Waals surface area contributed by atoms with Crippen LogP contribution in [0.15, 0.2) is 0 Å². The molecule has 2 aliphatic rings. The molecule has 0 spiro atoms. The molecule has 7 nitrogen and oxygen atoms in total. The Morgan fingerprint density at radius 1 is 1.17 bits per heavy atom. The molecule has 2 amide bonds. The van der Waals surface area contributed by atoms with Gasteiger partial charge in [0, 0.05) is 45.7 Å². The summed E-state index contributed by atoms with van der Waals surface area (Å²) in [6, 6.07) is 0. The number of amides is 2. The van der Waals surface area contributed by atoms with E-state index in [4.69, 9.17) is 10.5 Å². The standard InChI is InChI=1S/C14H26N4O3.2ClH/c1-17-6-8-18(9-7-17)13(19)4-5-16-14(20)12-3-2-11(10-15)21-12;;/h11-12H,2-10,15H2,1H3,(H,16,20);2*1H/t11-,12+;;/m1../s1. The van der Waals surface area contributed by atoms with Crippen LogP contribution < -0.4 is 11.1 Å². The van der Waals surface area contributed by atoms with E-state index in [1.807, 2.05) is 4.90 Å². The molecule has 9 heteroatoms. The molecule has 0 aromatic rings. The van der Waals surface area contributed by atoms with Crippen molar-refractivity contribution in [1.82, 2.24) is 15.1 Å². The molecule has 23 heavy (non-hydrogen) atoms. The number of nitrogens with two attached hydrogens (primary N) is 1. The van der Waals surface area contributed by atoms with Gasteiger partial charge in [-0.25, -0.2) is 0 Å². The number of carbonyl (C=O) groups excluding carboxylic acids is 2. The molecule has 0 bridgehead atoms. The predicted molar refractivity (Wildman–Crippen MR) is 93.1 cm³/mol. The van der Waals surface area contributed by atoms with Crippen molar-refractivity contribution >= 4 is 36.6 Å². The molecule has 2 heterocycles. The Hall–Kier alpha value is -0.600. The van der Waals surface area contributed by atoms with Gasteiger partial charge in [-0.15, -0.1) is 24.8 Å². The van der Waals surface area contributed by atoms with Crippen LogP contribution in [-0.4, -0.2) is 80.1 Å². The Bertz CT molecular complexity index is 365. The highest BCUT2D eigenvalue weighted by Crippen LogP contribution is 2.18. The average Bonchev–Trinajstić information content (AvgIpc) is 2.96. The lowest BCUT2D eigenvalue weighted by Crippen LogP contribution is -2.48. The van der Waals surface area contributed by atoms with Gasteiger partial charge >= 0.3 is 0 Å². The highest BCUT2D eigenvalue weighted by atomic mass is 35.5. The Balaban J connectivity index is 0.00000242. The van der Waals surface area contributed by atoms with E-state index in [-0.39, 0.29) is 42.7 Å². The lowest BCUT2D eigenvalue weighted by Gasteiger charge is -2.32. The first-order chi connectivity index (χ1) is 10.1. The van der Waals surface area contributed by atoms with E-state index in [1.165, 1.54) is 0 Å². The monoisotopic (exact) mass is 370 g/mol. The van der Waals surface area contributed by atoms with Gasteiger partial charge in [0.1, 0.15) is 6.10 Å². The highest BCUT2D eigenvalue weighted by molar-refractivity contribution is 5.85. The van der Waals surface area contributed by atoms with Gasteiger partial charge in [0.05, 0.1) is 6.10 Å². The first kappa shape index (κ1) is 22.4. The Kier molecular flexibility index (Phi) is 10.8. The van der Waals surface area contributed by atoms with Gasteiger partial charge in [-0.1, -0.05) is 0 Å². The molecule has 0 saturated carbocycles. The fourth-order valence-electron chi connectivity index (χ4n) is 2.69. The second kappa shape index (κ2) is 11.0. The number of nitrogens with zero attached hydrogens (tertiary/aromatic N) is 2. The van der Waals surface area contributed by atoms with E-state index in [9.17, 15) is 9.59 Å². The van der Waals surface area contributed by atoms with E-state index in [1.54, 1.807) is 0 Å². The van der Waals surface area contributed by atoms with Crippen molar-refractivity contribution in [3.8, 4) is 0 Å². The third-order valence-corrected chi connectivity index (χ3v) is 4.16. The number of rotatable bonds is 5. The molecular formula is C14H28Cl2N4O3. The molecule has 136 valence electrons. The summed E-state index contributed by atoms with van der Waals surface area (Å²) in [5, 5.41) is 2.79. The van der Waals surface area contributed by atoms with Gasteiger partial charge in [-0.3, -0.25) is 9.59 Å². The predicted octanol–water partition coefficient (Wildman–Crippen LogP) is -0.383. The summed E-state index contributed by atoms with van der Waals surface area (Å²) >= 11 is 0. The number of halogens is 2. The minimum absolute atomic E-state index is 0. The van der Waals surface area contributed by atoms with Gasteiger partial charge in [0.25, 0.3) is 0 Å². The highest BCUT2D eigenvalue weighted by Gasteiger charge is 2.29. The smallest absolute Gasteiger partial charge is 0.249 e. The number of piperazine rings is 1. The third kappa shape index (κ3) is 6.81. The summed E-state index contributed by atoms with van der Waals surface area (Å²) < 4.78 is 5.52. The molecule has 2 saturated heterocycles. The molecule has 2 aliphatic heterocycles. The first-order valence-corrected chi connectivity index (χ1v) is 7.69. The number of ether oxygens (including phenoxy) is 1. The van der Waals surface area contributed by atoms with Crippen LogP contribution >= 0.6 is 24.8 Å². The van der Waals surface area contributed by atoms with Crippen LogP contribution in [0.1, 0.15) is 19.3 Å². The van der Waals surface area contributed by atoms with E-state index in [0.29, 0.717) is 25.9 Å². The minimum atomic E-state index is -0.405. The number of nitrogens with one attached hydrogen (secondary N) is 1. The van der Waals surface area contributed by atoms with Gasteiger partial charge in [0.15, 0.2) is 0 Å². The van der Waals surface area contributed by atoms with Gasteiger partial charge < -0.3 is 25.6 Å². The number of carbonyl (C=O) groups is 2. The second-order valence-corrected chi connectivity index (χ2v) is 5.78. The molecule has 0 aromatic heterocycles. The van der Waals surface area contributed by atoms with Crippen molar-refractivity contribution in [2.24, 2.45) is 5.73 Å². The van der Waals surface area contributed by atoms with E-state index in [2.05, 4.69) is 17.3 Å². The molecule has 0 aliphatic carbocycles. The topological polar surface area (TPSA) is 87.9 Å². The molecule has 0 aromatic carbocycles. The van der Waals surface area contributed by atoms with Crippen LogP contribution in [0, 0.1) is 0 Å². The quantitative estimate of drug-likeness (QED) is 0.688. The van der Waals surface area contributed by atoms with Gasteiger partial charge in [-0.05, 0) is 19.9 Å². The fraction of sp³-hybridized carbons (Fsp3) is 0.857. The van der Waals surface area contributed by atoms with E-state index < -0.39 is 6.10 Å². The van der Waals surface area contributed by atoms with Crippen molar-refractivity contribution < 1.29 is 14.3 Å². The fourth-order valence-corrected chi connectivity index (χ4v) is 2.69. The molecule has 2 rings (SSSR count). The summed E-state index contributed by atoms with van der Waals surface area (Å²) in [6.07, 6.45) is 1.47. The zero-order valence-electron chi connectivity index (χ0n) is 13.5. The summed E-state index contributed by atoms with van der Waals surface area (Å²) in [4.78, 5) is 28.0. The van der Waals surface area contributed by atoms with Crippen molar-refractivity contribution in [1.29, 1.82) is 0 Å². The van der Waals surface area contributed by atoms with Crippen molar-refractivity contribution in [2.45, 2.75) is 31.5 Å². The van der Waals surface area contributed by atoms with Crippen molar-refractivity contribution in [3.05, 3.63) is 0 Å². The number of likely N-dealkylation sites (N-methyl/N-ethyl adjacent to an activating group) is 1. The third-order valence-electron chi connectivity index (χ3n) is 4.16. The maximum absolute atomic E-state index is 12.0. The largest absolute Gasteiger partial charge is 0.364 e. The molecule has 2 atom stereocenters. The summed E-state index contributed by atoms with van der Waals surface area (Å²) in [5.74, 6) is -0.0206. The van der Waals surface area contributed by atoms with E-state index >= 15 is 0 Å². The van der Waals surface area contributed by atoms with Crippen LogP contribution in [0.4, 0.5) is 0 Å². The molecule has 3 N–H and O–H groups in total. The van der Waals surface area contributed by atoms with Crippen LogP contribution in [0.5, 0.6) is 0 Å². The van der Waals surface area contributed by atoms with Gasteiger partial charge in [0.2, 0.25) is 11.8 Å². The Labute approximate surface area is 150 Å². The van der Waals surface area contributed by atoms with Crippen LogP contribution in [0.3, 0.4) is 0 Å². The van der Waals surface area contributed by atoms with Crippen LogP contribution in [0.2, 0.25) is 0 Å². The number of hydrogen-bond acceptors (Lipinski definition) is 5. The maximum atomic E-state index is 12.0. The SMILES string of the molecule is CN1CCN(C(=O)CCNC(=O)[C@@H]2CC[C@H](CN)O2)CC1.Cl.Cl. The first-order valence-electron chi connectivity index (χ1n) is 7.69. The summed E-state index contributed by atoms with van der Waals surface area (Å²) in [6.45, 7) is 4.19. The molecular weight excluding hydrogens is 343 g/mol. The minimum Gasteiger partial charge on any atom is -0.364 e. The van der Waals surface area contributed by atoms with Crippen molar-refractivity contribution in [3.63, 3.8) is 0 Å². The number of hydrogen-bond donors (Lipinski definition) is 2. The second-order valence-electron chi connectivity index (χ2n) is 5.78. The van der Waals surface area contributed by atoms with Gasteiger partial charge in [-0.2, -0.15) is 0 Å². The van der Waals surface area contributed by atoms with Crippen molar-refractivity contribution in [2.75, 3.05) is 46.3 Å². The molecule has 2 fully saturated rings. The lowest BCUT2D eigenvalue weighted by molar-refractivity contribution is -0.133. The normalized spacial score (nSPS) is 24.5. The molecule has 0 radical (unpaired) electrons. The Morgan fingerprint density at radius 3 is 2.39 bits per heavy atom. The zero-order chi connectivity index (χ0) is 15.2. The summed E-state index contributed by atoms with van der Waals surface area (Å²) in [7, 11) is 2.05. The average molecular weight is 371 g/mol. The zero-order valence-corrected chi connectivity index (χ0v) is 15.2.